The van der Waals surface area contributed by atoms with E-state index in [1.807, 2.05) is 0 Å². The molecule has 4 aromatic heterocycles. The van der Waals surface area contributed by atoms with Crippen molar-refractivity contribution in [2.24, 2.45) is 4.99 Å². The summed E-state index contributed by atoms with van der Waals surface area (Å²) in [6.45, 7) is -0.573. The molecule has 0 aromatic carbocycles. The molecule has 226 valence electrons. The fraction of sp³-hybridized carbons (Fsp3) is 0.522. The Bertz CT molecular complexity index is 1700. The predicted octanol–water partition coefficient (Wildman–Crippen LogP) is -2.68. The van der Waals surface area contributed by atoms with Crippen LogP contribution in [0.25, 0.3) is 22.1 Å². The number of anilines is 1. The summed E-state index contributed by atoms with van der Waals surface area (Å²) in [6, 6.07) is 0. The fourth-order valence-corrected chi connectivity index (χ4v) is 4.59. The van der Waals surface area contributed by atoms with E-state index < -0.39 is 36.9 Å². The number of ether oxygens (including phenoxy) is 2. The topological polar surface area (TPSA) is 268 Å². The van der Waals surface area contributed by atoms with Gasteiger partial charge in [-0.2, -0.15) is 20.2 Å². The van der Waals surface area contributed by atoms with Crippen molar-refractivity contribution in [1.29, 1.82) is 0 Å². The van der Waals surface area contributed by atoms with Gasteiger partial charge in [0.2, 0.25) is 11.9 Å². The molecule has 19 heteroatoms. The number of nitrogens with zero attached hydrogens (tertiary/aromatic N) is 8. The van der Waals surface area contributed by atoms with Gasteiger partial charge >= 0.3 is 0 Å². The molecule has 0 amide bonds. The van der Waals surface area contributed by atoms with Crippen LogP contribution in [0.5, 0.6) is 0 Å². The SMILES string of the molecule is CN(C)C=Nc1nc2c(cnn2C2CC(O)C(CO)O2)c(=O)[nH]1.Nc1nc2c(cnn2C2CC(O)C(CO)O2)c(=O)[nH]1. The Morgan fingerprint density at radius 1 is 0.952 bits per heavy atom. The lowest BCUT2D eigenvalue weighted by Crippen LogP contribution is -2.24. The van der Waals surface area contributed by atoms with E-state index in [0.29, 0.717) is 16.4 Å². The Balaban J connectivity index is 0.000000171. The maximum Gasteiger partial charge on any atom is 0.263 e. The van der Waals surface area contributed by atoms with Crippen LogP contribution in [-0.2, 0) is 9.47 Å². The van der Waals surface area contributed by atoms with Crippen LogP contribution in [0.1, 0.15) is 25.3 Å². The minimum atomic E-state index is -0.794. The Labute approximate surface area is 235 Å². The Kier molecular flexibility index (Phi) is 8.29. The highest BCUT2D eigenvalue weighted by atomic mass is 16.5. The number of aliphatic hydroxyl groups excluding tert-OH is 4. The first-order valence-electron chi connectivity index (χ1n) is 12.9. The zero-order chi connectivity index (χ0) is 30.1. The van der Waals surface area contributed by atoms with Gasteiger partial charge in [-0.1, -0.05) is 0 Å². The first kappa shape index (κ1) is 29.2. The average molecular weight is 590 g/mol. The third kappa shape index (κ3) is 5.73. The number of aliphatic imine (C=N–C) groups is 1. The minimum absolute atomic E-state index is 0.0171. The van der Waals surface area contributed by atoms with Crippen molar-refractivity contribution in [3.8, 4) is 0 Å². The van der Waals surface area contributed by atoms with Crippen molar-refractivity contribution in [2.45, 2.75) is 49.7 Å². The molecule has 0 spiro atoms. The normalized spacial score (nSPS) is 25.9. The van der Waals surface area contributed by atoms with E-state index >= 15 is 0 Å². The van der Waals surface area contributed by atoms with Crippen LogP contribution in [0.4, 0.5) is 11.9 Å². The summed E-state index contributed by atoms with van der Waals surface area (Å²) in [7, 11) is 3.60. The Morgan fingerprint density at radius 3 is 1.93 bits per heavy atom. The third-order valence-corrected chi connectivity index (χ3v) is 6.66. The second-order valence-electron chi connectivity index (χ2n) is 9.93. The van der Waals surface area contributed by atoms with E-state index in [0.717, 1.165) is 0 Å². The molecule has 6 rings (SSSR count). The van der Waals surface area contributed by atoms with E-state index in [9.17, 15) is 19.8 Å². The van der Waals surface area contributed by atoms with Gasteiger partial charge in [-0.3, -0.25) is 19.6 Å². The number of nitrogen functional groups attached to an aromatic ring is 1. The average Bonchev–Trinajstić information content (AvgIpc) is 3.72. The van der Waals surface area contributed by atoms with Gasteiger partial charge in [0, 0.05) is 26.9 Å². The number of nitrogens with two attached hydrogens (primary N) is 1. The summed E-state index contributed by atoms with van der Waals surface area (Å²) in [5.74, 6) is 0.131. The minimum Gasteiger partial charge on any atom is -0.394 e. The monoisotopic (exact) mass is 589 g/mol. The second kappa shape index (κ2) is 11.9. The van der Waals surface area contributed by atoms with Crippen molar-refractivity contribution in [1.82, 2.24) is 44.4 Å². The summed E-state index contributed by atoms with van der Waals surface area (Å²) in [5.41, 5.74) is 5.36. The highest BCUT2D eigenvalue weighted by Gasteiger charge is 2.37. The van der Waals surface area contributed by atoms with Crippen LogP contribution in [-0.4, -0.2) is 123 Å². The molecule has 2 aliphatic heterocycles. The standard InChI is InChI=1S/C13H18N6O4.C10H13N5O4/c1-18(2)6-14-13-16-11-7(12(22)17-13)4-15-19(11)10-3-8(21)9(5-20)23-10;11-10-13-8-4(9(18)14-10)2-12-15(8)7-1-5(17)6(3-16)19-7/h4,6,8-10,20-21H,3,5H2,1-2H3,(H,16,17,22);2,5-7,16-17H,1,3H2,(H3,11,13,14,18). The van der Waals surface area contributed by atoms with Gasteiger partial charge in [-0.05, 0) is 0 Å². The number of aromatic nitrogens is 8. The number of hydrogen-bond donors (Lipinski definition) is 7. The van der Waals surface area contributed by atoms with Crippen LogP contribution in [0, 0.1) is 0 Å². The summed E-state index contributed by atoms with van der Waals surface area (Å²) in [5, 5.41) is 46.5. The van der Waals surface area contributed by atoms with E-state index in [4.69, 9.17) is 25.4 Å². The van der Waals surface area contributed by atoms with Crippen LogP contribution in [0.3, 0.4) is 0 Å². The van der Waals surface area contributed by atoms with E-state index in [-0.39, 0.29) is 54.7 Å². The van der Waals surface area contributed by atoms with Gasteiger partial charge in [0.15, 0.2) is 23.8 Å². The van der Waals surface area contributed by atoms with Gasteiger partial charge in [0.05, 0.1) is 44.2 Å². The lowest BCUT2D eigenvalue weighted by molar-refractivity contribution is -0.0470. The fourth-order valence-electron chi connectivity index (χ4n) is 4.59. The van der Waals surface area contributed by atoms with E-state index in [1.165, 1.54) is 28.1 Å². The number of aliphatic hydroxyl groups is 4. The second-order valence-corrected chi connectivity index (χ2v) is 9.93. The maximum absolute atomic E-state index is 12.1. The summed E-state index contributed by atoms with van der Waals surface area (Å²) in [4.78, 5) is 42.8. The van der Waals surface area contributed by atoms with Gasteiger partial charge in [0.1, 0.15) is 23.0 Å². The third-order valence-electron chi connectivity index (χ3n) is 6.66. The summed E-state index contributed by atoms with van der Waals surface area (Å²) < 4.78 is 13.8. The first-order valence-corrected chi connectivity index (χ1v) is 12.9. The smallest absolute Gasteiger partial charge is 0.263 e. The van der Waals surface area contributed by atoms with Crippen molar-refractivity contribution in [2.75, 3.05) is 33.0 Å². The van der Waals surface area contributed by atoms with Crippen molar-refractivity contribution in [3.63, 3.8) is 0 Å². The van der Waals surface area contributed by atoms with Crippen molar-refractivity contribution < 1.29 is 29.9 Å². The molecule has 2 aliphatic rings. The molecule has 6 heterocycles. The maximum atomic E-state index is 12.1. The largest absolute Gasteiger partial charge is 0.394 e. The zero-order valence-corrected chi connectivity index (χ0v) is 22.6. The highest BCUT2D eigenvalue weighted by Crippen LogP contribution is 2.31. The summed E-state index contributed by atoms with van der Waals surface area (Å²) >= 11 is 0. The van der Waals surface area contributed by atoms with Crippen LogP contribution >= 0.6 is 0 Å². The lowest BCUT2D eigenvalue weighted by Gasteiger charge is -2.12. The zero-order valence-electron chi connectivity index (χ0n) is 22.6. The van der Waals surface area contributed by atoms with Gasteiger partial charge in [-0.15, -0.1) is 0 Å². The number of nitrogens with one attached hydrogen (secondary N) is 2. The Morgan fingerprint density at radius 2 is 1.45 bits per heavy atom. The molecule has 0 saturated carbocycles. The van der Waals surface area contributed by atoms with Gasteiger partial charge in [0.25, 0.3) is 11.1 Å². The van der Waals surface area contributed by atoms with E-state index in [2.05, 4.69) is 35.1 Å². The van der Waals surface area contributed by atoms with Crippen molar-refractivity contribution in [3.05, 3.63) is 33.1 Å². The molecule has 2 saturated heterocycles. The molecule has 42 heavy (non-hydrogen) atoms. The number of aromatic amines is 2. The molecule has 2 fully saturated rings. The number of H-pyrrole nitrogens is 2. The first-order chi connectivity index (χ1) is 20.1. The van der Waals surface area contributed by atoms with Crippen molar-refractivity contribution >= 4 is 40.3 Å². The molecular weight excluding hydrogens is 558 g/mol. The van der Waals surface area contributed by atoms with Gasteiger partial charge in [-0.25, -0.2) is 14.4 Å². The molecule has 0 radical (unpaired) electrons. The van der Waals surface area contributed by atoms with E-state index in [1.54, 1.807) is 19.0 Å². The number of fused-ring (bicyclic) bond motifs is 2. The molecule has 19 nitrogen and oxygen atoms in total. The molecule has 0 aliphatic carbocycles. The molecule has 0 bridgehead atoms. The van der Waals surface area contributed by atoms with Crippen LogP contribution < -0.4 is 16.9 Å². The molecule has 4 aromatic rings. The highest BCUT2D eigenvalue weighted by molar-refractivity contribution is 5.75. The Hall–Kier alpha value is -4.27. The van der Waals surface area contributed by atoms with Gasteiger partial charge < -0.3 is 40.5 Å². The predicted molar refractivity (Wildman–Crippen MR) is 146 cm³/mol. The molecule has 6 unspecified atom stereocenters. The molecule has 8 N–H and O–H groups in total. The molecular formula is C23H31N11O8. The van der Waals surface area contributed by atoms with Crippen LogP contribution in [0.2, 0.25) is 0 Å². The van der Waals surface area contributed by atoms with Crippen LogP contribution in [0.15, 0.2) is 27.0 Å². The lowest BCUT2D eigenvalue weighted by atomic mass is 10.2. The summed E-state index contributed by atoms with van der Waals surface area (Å²) in [6.07, 6.45) is 0.691. The number of hydrogen-bond acceptors (Lipinski definition) is 14. The number of rotatable bonds is 6. The quantitative estimate of drug-likeness (QED) is 0.0893. The molecule has 6 atom stereocenters.